The van der Waals surface area contributed by atoms with Crippen LogP contribution in [0, 0.1) is 0 Å². The van der Waals surface area contributed by atoms with Crippen molar-refractivity contribution in [1.82, 2.24) is 0 Å². The lowest BCUT2D eigenvalue weighted by atomic mass is 10.1. The number of aliphatic hydroxyl groups excluding tert-OH is 1. The fourth-order valence-corrected chi connectivity index (χ4v) is 3.64. The Morgan fingerprint density at radius 3 is 2.65 bits per heavy atom. The van der Waals surface area contributed by atoms with E-state index in [1.54, 1.807) is 12.1 Å². The first-order valence-corrected chi connectivity index (χ1v) is 8.63. The van der Waals surface area contributed by atoms with Crippen molar-refractivity contribution >= 4 is 33.0 Å². The predicted octanol–water partition coefficient (Wildman–Crippen LogP) is 1.60. The molecule has 0 radical (unpaired) electrons. The molecule has 1 aromatic carbocycles. The average molecular weight is 341 g/mol. The van der Waals surface area contributed by atoms with Gasteiger partial charge in [0.05, 0.1) is 18.2 Å². The Balaban J connectivity index is 2.47. The summed E-state index contributed by atoms with van der Waals surface area (Å²) >= 11 is 12.0. The zero-order chi connectivity index (χ0) is 15.0. The number of hydrogen-bond acceptors (Lipinski definition) is 5. The largest absolute Gasteiger partial charge is 0.394 e. The van der Waals surface area contributed by atoms with E-state index in [1.807, 2.05) is 0 Å². The topological polar surface area (TPSA) is 72.8 Å². The van der Waals surface area contributed by atoms with E-state index in [9.17, 15) is 8.42 Å². The second kappa shape index (κ2) is 5.79. The van der Waals surface area contributed by atoms with E-state index in [4.69, 9.17) is 37.8 Å². The second-order valence-electron chi connectivity index (χ2n) is 4.68. The van der Waals surface area contributed by atoms with E-state index in [1.165, 1.54) is 6.07 Å². The molecule has 2 rings (SSSR count). The minimum atomic E-state index is -3.40. The van der Waals surface area contributed by atoms with Crippen LogP contribution < -0.4 is 0 Å². The van der Waals surface area contributed by atoms with Crippen LogP contribution in [0.1, 0.15) is 5.56 Å². The number of hydrogen-bond donors (Lipinski definition) is 1. The summed E-state index contributed by atoms with van der Waals surface area (Å²) in [4.78, 5) is 0. The van der Waals surface area contributed by atoms with Gasteiger partial charge in [-0.1, -0.05) is 29.3 Å². The standard InChI is InChI=1S/C12H14Cl2O5S/c1-20(16,17)7-12(18-6-9(5-15)19-12)10-3-2-8(13)4-11(10)14/h2-4,9,15H,5-7H2,1H3. The number of benzene rings is 1. The summed E-state index contributed by atoms with van der Waals surface area (Å²) in [6, 6.07) is 4.63. The Kier molecular flexibility index (Phi) is 4.63. The number of ether oxygens (including phenoxy) is 2. The molecule has 0 aromatic heterocycles. The van der Waals surface area contributed by atoms with Crippen molar-refractivity contribution in [3.05, 3.63) is 33.8 Å². The summed E-state index contributed by atoms with van der Waals surface area (Å²) in [5.74, 6) is -1.90. The summed E-state index contributed by atoms with van der Waals surface area (Å²) < 4.78 is 34.4. The van der Waals surface area contributed by atoms with Gasteiger partial charge in [0.2, 0.25) is 5.79 Å². The normalized spacial score (nSPS) is 26.9. The highest BCUT2D eigenvalue weighted by Crippen LogP contribution is 2.40. The van der Waals surface area contributed by atoms with E-state index in [2.05, 4.69) is 0 Å². The van der Waals surface area contributed by atoms with Crippen molar-refractivity contribution in [2.75, 3.05) is 25.2 Å². The highest BCUT2D eigenvalue weighted by atomic mass is 35.5. The summed E-state index contributed by atoms with van der Waals surface area (Å²) in [6.45, 7) is -0.179. The maximum atomic E-state index is 11.6. The molecule has 1 heterocycles. The van der Waals surface area contributed by atoms with Gasteiger partial charge >= 0.3 is 0 Å². The number of sulfone groups is 1. The minimum Gasteiger partial charge on any atom is -0.394 e. The van der Waals surface area contributed by atoms with Gasteiger partial charge in [-0.25, -0.2) is 8.42 Å². The summed E-state index contributed by atoms with van der Waals surface area (Å²) in [6.07, 6.45) is 0.487. The van der Waals surface area contributed by atoms with Gasteiger partial charge in [-0.2, -0.15) is 0 Å². The van der Waals surface area contributed by atoms with Gasteiger partial charge < -0.3 is 14.6 Å². The van der Waals surface area contributed by atoms with Gasteiger partial charge in [0.15, 0.2) is 9.84 Å². The van der Waals surface area contributed by atoms with Crippen molar-refractivity contribution in [2.45, 2.75) is 11.9 Å². The number of aliphatic hydroxyl groups is 1. The Bertz CT molecular complexity index is 604. The van der Waals surface area contributed by atoms with Crippen LogP contribution in [0.5, 0.6) is 0 Å². The minimum absolute atomic E-state index is 0.0883. The van der Waals surface area contributed by atoms with E-state index < -0.39 is 27.5 Å². The van der Waals surface area contributed by atoms with Crippen LogP contribution in [-0.4, -0.2) is 44.9 Å². The lowest BCUT2D eigenvalue weighted by Gasteiger charge is -2.28. The molecule has 112 valence electrons. The molecule has 5 nitrogen and oxygen atoms in total. The lowest BCUT2D eigenvalue weighted by Crippen LogP contribution is -2.36. The van der Waals surface area contributed by atoms with Gasteiger partial charge in [0.1, 0.15) is 11.9 Å². The van der Waals surface area contributed by atoms with Gasteiger partial charge in [-0.3, -0.25) is 0 Å². The molecular weight excluding hydrogens is 327 g/mol. The van der Waals surface area contributed by atoms with E-state index in [-0.39, 0.29) is 18.2 Å². The van der Waals surface area contributed by atoms with Crippen LogP contribution in [0.4, 0.5) is 0 Å². The highest BCUT2D eigenvalue weighted by Gasteiger charge is 2.46. The third kappa shape index (κ3) is 3.44. The third-order valence-electron chi connectivity index (χ3n) is 2.86. The predicted molar refractivity (Wildman–Crippen MR) is 75.8 cm³/mol. The maximum Gasteiger partial charge on any atom is 0.211 e. The van der Waals surface area contributed by atoms with E-state index in [0.29, 0.717) is 10.6 Å². The average Bonchev–Trinajstić information content (AvgIpc) is 2.70. The Labute approximate surface area is 127 Å². The number of halogens is 2. The molecule has 1 N–H and O–H groups in total. The molecule has 2 atom stereocenters. The van der Waals surface area contributed by atoms with E-state index in [0.717, 1.165) is 6.26 Å². The molecule has 20 heavy (non-hydrogen) atoms. The Morgan fingerprint density at radius 2 is 2.15 bits per heavy atom. The molecule has 1 aromatic rings. The fourth-order valence-electron chi connectivity index (χ4n) is 2.09. The van der Waals surface area contributed by atoms with Gasteiger partial charge in [-0.05, 0) is 12.1 Å². The molecule has 0 spiro atoms. The lowest BCUT2D eigenvalue weighted by molar-refractivity contribution is -0.162. The van der Waals surface area contributed by atoms with Crippen LogP contribution in [0.3, 0.4) is 0 Å². The van der Waals surface area contributed by atoms with Gasteiger partial charge in [0, 0.05) is 16.8 Å². The highest BCUT2D eigenvalue weighted by molar-refractivity contribution is 7.90. The summed E-state index contributed by atoms with van der Waals surface area (Å²) in [5.41, 5.74) is 0.380. The van der Waals surface area contributed by atoms with Crippen LogP contribution in [0.2, 0.25) is 10.0 Å². The molecule has 1 saturated heterocycles. The quantitative estimate of drug-likeness (QED) is 0.901. The molecule has 1 aliphatic heterocycles. The fraction of sp³-hybridized carbons (Fsp3) is 0.500. The van der Waals surface area contributed by atoms with Crippen LogP contribution >= 0.6 is 23.2 Å². The molecule has 2 unspecified atom stereocenters. The number of rotatable bonds is 4. The SMILES string of the molecule is CS(=O)(=O)CC1(c2ccc(Cl)cc2Cl)OCC(CO)O1. The van der Waals surface area contributed by atoms with Crippen LogP contribution in [0.15, 0.2) is 18.2 Å². The maximum absolute atomic E-state index is 11.6. The summed E-state index contributed by atoms with van der Waals surface area (Å²) in [7, 11) is -3.40. The second-order valence-corrected chi connectivity index (χ2v) is 7.66. The first kappa shape index (κ1) is 16.0. The van der Waals surface area contributed by atoms with E-state index >= 15 is 0 Å². The van der Waals surface area contributed by atoms with Gasteiger partial charge in [0.25, 0.3) is 0 Å². The first-order chi connectivity index (χ1) is 9.26. The van der Waals surface area contributed by atoms with Crippen molar-refractivity contribution in [1.29, 1.82) is 0 Å². The zero-order valence-electron chi connectivity index (χ0n) is 10.7. The molecule has 8 heteroatoms. The molecule has 1 aliphatic rings. The van der Waals surface area contributed by atoms with Crippen molar-refractivity contribution in [3.63, 3.8) is 0 Å². The Morgan fingerprint density at radius 1 is 1.45 bits per heavy atom. The first-order valence-electron chi connectivity index (χ1n) is 5.82. The summed E-state index contributed by atoms with van der Waals surface area (Å²) in [5, 5.41) is 9.82. The smallest absolute Gasteiger partial charge is 0.211 e. The van der Waals surface area contributed by atoms with Crippen molar-refractivity contribution in [2.24, 2.45) is 0 Å². The molecule has 0 saturated carbocycles. The van der Waals surface area contributed by atoms with Crippen molar-refractivity contribution < 1.29 is 23.0 Å². The monoisotopic (exact) mass is 340 g/mol. The molecule has 0 aliphatic carbocycles. The van der Waals surface area contributed by atoms with Crippen LogP contribution in [0.25, 0.3) is 0 Å². The van der Waals surface area contributed by atoms with Gasteiger partial charge in [-0.15, -0.1) is 0 Å². The molecule has 0 amide bonds. The zero-order valence-corrected chi connectivity index (χ0v) is 13.0. The molecule has 1 fully saturated rings. The third-order valence-corrected chi connectivity index (χ3v) is 4.31. The molecular formula is C12H14Cl2O5S. The van der Waals surface area contributed by atoms with Crippen LogP contribution in [-0.2, 0) is 25.1 Å². The molecule has 0 bridgehead atoms. The Hall–Kier alpha value is -0.370. The van der Waals surface area contributed by atoms with Crippen molar-refractivity contribution in [3.8, 4) is 0 Å².